The van der Waals surface area contributed by atoms with Gasteiger partial charge in [-0.2, -0.15) is 0 Å². The van der Waals surface area contributed by atoms with Gasteiger partial charge >= 0.3 is 0 Å². The fraction of sp³-hybridized carbons (Fsp3) is 0.833. The van der Waals surface area contributed by atoms with E-state index in [1.165, 1.54) is 0 Å². The van der Waals surface area contributed by atoms with Crippen molar-refractivity contribution in [1.82, 2.24) is 10.2 Å². The molecule has 0 aromatic heterocycles. The topological polar surface area (TPSA) is 58.6 Å². The van der Waals surface area contributed by atoms with Crippen molar-refractivity contribution in [3.05, 3.63) is 0 Å². The zero-order valence-electron chi connectivity index (χ0n) is 10.7. The zero-order chi connectivity index (χ0) is 12.6. The third kappa shape index (κ3) is 2.04. The lowest BCUT2D eigenvalue weighted by atomic mass is 9.92. The van der Waals surface area contributed by atoms with Crippen LogP contribution < -0.4 is 5.32 Å². The molecular weight excluding hydrogens is 220 g/mol. The maximum absolute atomic E-state index is 12.4. The first kappa shape index (κ1) is 12.4. The molecule has 2 amide bonds. The smallest absolute Gasteiger partial charge is 0.248 e. The molecule has 96 valence electrons. The van der Waals surface area contributed by atoms with Crippen molar-refractivity contribution in [2.45, 2.75) is 51.3 Å². The van der Waals surface area contributed by atoms with E-state index in [1.807, 2.05) is 13.8 Å². The van der Waals surface area contributed by atoms with Crippen molar-refractivity contribution in [2.75, 3.05) is 13.2 Å². The molecule has 2 aliphatic rings. The first-order valence-electron chi connectivity index (χ1n) is 6.21. The molecule has 3 unspecified atom stereocenters. The molecule has 2 aliphatic heterocycles. The molecule has 5 nitrogen and oxygen atoms in total. The minimum Gasteiger partial charge on any atom is -0.376 e. The molecule has 0 aliphatic carbocycles. The Hall–Kier alpha value is -1.10. The number of nitrogens with zero attached hydrogens (tertiary/aromatic N) is 1. The van der Waals surface area contributed by atoms with Crippen LogP contribution in [0.2, 0.25) is 0 Å². The molecule has 0 saturated carbocycles. The highest BCUT2D eigenvalue weighted by atomic mass is 16.5. The summed E-state index contributed by atoms with van der Waals surface area (Å²) in [5, 5.41) is 2.79. The summed E-state index contributed by atoms with van der Waals surface area (Å²) in [5.74, 6) is -0.0602. The van der Waals surface area contributed by atoms with Gasteiger partial charge in [0.05, 0.1) is 12.1 Å². The number of piperazine rings is 1. The van der Waals surface area contributed by atoms with E-state index in [0.29, 0.717) is 13.0 Å². The van der Waals surface area contributed by atoms with Crippen molar-refractivity contribution < 1.29 is 14.3 Å². The van der Waals surface area contributed by atoms with E-state index in [-0.39, 0.29) is 30.5 Å². The minimum absolute atomic E-state index is 0.0157. The Kier molecular flexibility index (Phi) is 3.12. The summed E-state index contributed by atoms with van der Waals surface area (Å²) in [5.41, 5.74) is -0.752. The number of carbonyl (C=O) groups is 2. The Bertz CT molecular complexity index is 345. The van der Waals surface area contributed by atoms with Crippen LogP contribution in [0.25, 0.3) is 0 Å². The molecule has 2 fully saturated rings. The van der Waals surface area contributed by atoms with Crippen LogP contribution in [0.3, 0.4) is 0 Å². The molecule has 0 aromatic carbocycles. The van der Waals surface area contributed by atoms with Gasteiger partial charge in [0, 0.05) is 6.61 Å². The third-order valence-electron chi connectivity index (χ3n) is 3.91. The van der Waals surface area contributed by atoms with E-state index >= 15 is 0 Å². The van der Waals surface area contributed by atoms with Gasteiger partial charge in [-0.05, 0) is 26.7 Å². The molecule has 17 heavy (non-hydrogen) atoms. The van der Waals surface area contributed by atoms with Crippen LogP contribution in [0.4, 0.5) is 0 Å². The molecular formula is C12H20N2O3. The molecule has 5 heteroatoms. The number of rotatable bonds is 2. The van der Waals surface area contributed by atoms with Crippen LogP contribution in [-0.2, 0) is 14.3 Å². The standard InChI is InChI=1S/C12H20N2O3/c1-4-12(3)11(16)14(7-10(15)13-12)9-5-6-17-8(9)2/h8-9H,4-7H2,1-3H3,(H,13,15). The van der Waals surface area contributed by atoms with Crippen molar-refractivity contribution in [2.24, 2.45) is 0 Å². The molecule has 2 heterocycles. The lowest BCUT2D eigenvalue weighted by Crippen LogP contribution is -2.67. The highest BCUT2D eigenvalue weighted by Gasteiger charge is 2.46. The zero-order valence-corrected chi connectivity index (χ0v) is 10.7. The normalized spacial score (nSPS) is 38.4. The maximum atomic E-state index is 12.4. The second-order valence-corrected chi connectivity index (χ2v) is 5.10. The Morgan fingerprint density at radius 1 is 1.53 bits per heavy atom. The molecule has 0 bridgehead atoms. The summed E-state index contributed by atoms with van der Waals surface area (Å²) >= 11 is 0. The largest absolute Gasteiger partial charge is 0.376 e. The highest BCUT2D eigenvalue weighted by molar-refractivity contribution is 5.97. The van der Waals surface area contributed by atoms with Crippen molar-refractivity contribution in [1.29, 1.82) is 0 Å². The van der Waals surface area contributed by atoms with Crippen LogP contribution in [0, 0.1) is 0 Å². The summed E-state index contributed by atoms with van der Waals surface area (Å²) in [6, 6.07) is 0.0411. The lowest BCUT2D eigenvalue weighted by Gasteiger charge is -2.42. The first-order chi connectivity index (χ1) is 7.98. The van der Waals surface area contributed by atoms with Gasteiger partial charge in [0.15, 0.2) is 0 Å². The molecule has 0 radical (unpaired) electrons. The summed E-state index contributed by atoms with van der Waals surface area (Å²) in [7, 11) is 0. The van der Waals surface area contributed by atoms with E-state index in [0.717, 1.165) is 6.42 Å². The van der Waals surface area contributed by atoms with Crippen LogP contribution in [0.15, 0.2) is 0 Å². The SMILES string of the molecule is CCC1(C)NC(=O)CN(C2CCOC2C)C1=O. The van der Waals surface area contributed by atoms with Gasteiger partial charge < -0.3 is 15.0 Å². The van der Waals surface area contributed by atoms with E-state index in [9.17, 15) is 9.59 Å². The van der Waals surface area contributed by atoms with Crippen LogP contribution in [0.1, 0.15) is 33.6 Å². The summed E-state index contributed by atoms with van der Waals surface area (Å²) in [4.78, 5) is 25.8. The van der Waals surface area contributed by atoms with Gasteiger partial charge in [-0.3, -0.25) is 9.59 Å². The van der Waals surface area contributed by atoms with Crippen LogP contribution in [0.5, 0.6) is 0 Å². The van der Waals surface area contributed by atoms with Gasteiger partial charge in [-0.25, -0.2) is 0 Å². The van der Waals surface area contributed by atoms with E-state index in [2.05, 4.69) is 5.32 Å². The van der Waals surface area contributed by atoms with Crippen molar-refractivity contribution in [3.8, 4) is 0 Å². The molecule has 0 spiro atoms. The molecule has 2 saturated heterocycles. The number of carbonyl (C=O) groups excluding carboxylic acids is 2. The number of hydrogen-bond acceptors (Lipinski definition) is 3. The monoisotopic (exact) mass is 240 g/mol. The number of ether oxygens (including phenoxy) is 1. The first-order valence-corrected chi connectivity index (χ1v) is 6.21. The average molecular weight is 240 g/mol. The number of nitrogens with one attached hydrogen (secondary N) is 1. The highest BCUT2D eigenvalue weighted by Crippen LogP contribution is 2.25. The van der Waals surface area contributed by atoms with Crippen molar-refractivity contribution in [3.63, 3.8) is 0 Å². The number of hydrogen-bond donors (Lipinski definition) is 1. The minimum atomic E-state index is -0.752. The summed E-state index contributed by atoms with van der Waals surface area (Å²) < 4.78 is 5.48. The van der Waals surface area contributed by atoms with E-state index in [1.54, 1.807) is 11.8 Å². The Balaban J connectivity index is 2.21. The van der Waals surface area contributed by atoms with Gasteiger partial charge in [0.2, 0.25) is 11.8 Å². The second-order valence-electron chi connectivity index (χ2n) is 5.10. The molecule has 2 rings (SSSR count). The predicted molar refractivity (Wildman–Crippen MR) is 62.4 cm³/mol. The summed E-state index contributed by atoms with van der Waals surface area (Å²) in [6.45, 7) is 6.49. The second kappa shape index (κ2) is 4.29. The van der Waals surface area contributed by atoms with Gasteiger partial charge in [-0.15, -0.1) is 0 Å². The van der Waals surface area contributed by atoms with Crippen LogP contribution >= 0.6 is 0 Å². The lowest BCUT2D eigenvalue weighted by molar-refractivity contribution is -0.152. The predicted octanol–water partition coefficient (Wildman–Crippen LogP) is 0.291. The van der Waals surface area contributed by atoms with Crippen molar-refractivity contribution >= 4 is 11.8 Å². The average Bonchev–Trinajstić information content (AvgIpc) is 2.70. The Morgan fingerprint density at radius 3 is 2.76 bits per heavy atom. The fourth-order valence-electron chi connectivity index (χ4n) is 2.58. The van der Waals surface area contributed by atoms with Crippen LogP contribution in [-0.4, -0.2) is 47.6 Å². The molecule has 3 atom stereocenters. The Labute approximate surface area is 101 Å². The van der Waals surface area contributed by atoms with E-state index < -0.39 is 5.54 Å². The van der Waals surface area contributed by atoms with Gasteiger partial charge in [-0.1, -0.05) is 6.92 Å². The maximum Gasteiger partial charge on any atom is 0.248 e. The van der Waals surface area contributed by atoms with Gasteiger partial charge in [0.25, 0.3) is 0 Å². The Morgan fingerprint density at radius 2 is 2.24 bits per heavy atom. The van der Waals surface area contributed by atoms with E-state index in [4.69, 9.17) is 4.74 Å². The quantitative estimate of drug-likeness (QED) is 0.755. The molecule has 0 aromatic rings. The molecule has 1 N–H and O–H groups in total. The van der Waals surface area contributed by atoms with Gasteiger partial charge in [0.1, 0.15) is 12.1 Å². The summed E-state index contributed by atoms with van der Waals surface area (Å²) in [6.07, 6.45) is 1.45. The third-order valence-corrected chi connectivity index (χ3v) is 3.91. The fourth-order valence-corrected chi connectivity index (χ4v) is 2.58. The number of amides is 2.